The van der Waals surface area contributed by atoms with Crippen LogP contribution < -0.4 is 5.32 Å². The molecule has 0 aromatic heterocycles. The summed E-state index contributed by atoms with van der Waals surface area (Å²) in [4.78, 5) is 2.72. The number of piperazine rings is 1. The minimum atomic E-state index is 0.541. The Morgan fingerprint density at radius 1 is 1.26 bits per heavy atom. The third-order valence-corrected chi connectivity index (χ3v) is 4.41. The lowest BCUT2D eigenvalue weighted by Crippen LogP contribution is -2.62. The number of nitrogens with zero attached hydrogens (tertiary/aromatic N) is 1. The molecule has 1 saturated heterocycles. The van der Waals surface area contributed by atoms with Gasteiger partial charge in [0.25, 0.3) is 0 Å². The molecule has 0 saturated carbocycles. The van der Waals surface area contributed by atoms with Crippen molar-refractivity contribution in [3.8, 4) is 0 Å². The molecule has 0 aromatic carbocycles. The zero-order valence-electron chi connectivity index (χ0n) is 13.8. The molecule has 1 fully saturated rings. The Morgan fingerprint density at radius 2 is 1.95 bits per heavy atom. The molecule has 0 aliphatic carbocycles. The molecule has 1 aliphatic heterocycles. The lowest BCUT2D eigenvalue weighted by Gasteiger charge is -2.47. The normalized spacial score (nSPS) is 27.2. The summed E-state index contributed by atoms with van der Waals surface area (Å²) in [7, 11) is 1.82. The second-order valence-corrected chi connectivity index (χ2v) is 6.67. The van der Waals surface area contributed by atoms with Crippen molar-refractivity contribution in [3.63, 3.8) is 0 Å². The predicted molar refractivity (Wildman–Crippen MR) is 82.5 cm³/mol. The van der Waals surface area contributed by atoms with Crippen molar-refractivity contribution in [1.82, 2.24) is 10.2 Å². The standard InChI is InChI=1S/C16H34N2O/c1-7-8-14-10-18(15(9-17-14)12(2)3)16(11-19-6)13(4)5/h12-17H,7-11H2,1-6H3. The highest BCUT2D eigenvalue weighted by atomic mass is 16.5. The third-order valence-electron chi connectivity index (χ3n) is 4.41. The quantitative estimate of drug-likeness (QED) is 0.770. The van der Waals surface area contributed by atoms with Gasteiger partial charge in [0.05, 0.1) is 6.61 Å². The van der Waals surface area contributed by atoms with E-state index in [4.69, 9.17) is 4.74 Å². The summed E-state index contributed by atoms with van der Waals surface area (Å²) in [6, 6.07) is 1.83. The summed E-state index contributed by atoms with van der Waals surface area (Å²) in [5, 5.41) is 3.73. The van der Waals surface area contributed by atoms with E-state index in [1.165, 1.54) is 19.4 Å². The van der Waals surface area contributed by atoms with E-state index in [0.29, 0.717) is 30.0 Å². The van der Waals surface area contributed by atoms with Gasteiger partial charge < -0.3 is 10.1 Å². The first-order valence-corrected chi connectivity index (χ1v) is 7.99. The van der Waals surface area contributed by atoms with Gasteiger partial charge in [-0.3, -0.25) is 4.90 Å². The van der Waals surface area contributed by atoms with Crippen LogP contribution in [0.1, 0.15) is 47.5 Å². The molecule has 1 aliphatic rings. The van der Waals surface area contributed by atoms with Crippen molar-refractivity contribution in [1.29, 1.82) is 0 Å². The van der Waals surface area contributed by atoms with E-state index in [2.05, 4.69) is 44.8 Å². The average molecular weight is 270 g/mol. The molecule has 0 spiro atoms. The third kappa shape index (κ3) is 4.73. The first-order valence-electron chi connectivity index (χ1n) is 7.99. The second kappa shape index (κ2) is 8.23. The van der Waals surface area contributed by atoms with E-state index in [1.54, 1.807) is 0 Å². The van der Waals surface area contributed by atoms with Gasteiger partial charge in [-0.25, -0.2) is 0 Å². The van der Waals surface area contributed by atoms with Crippen LogP contribution in [0.2, 0.25) is 0 Å². The van der Waals surface area contributed by atoms with E-state index in [0.717, 1.165) is 13.2 Å². The van der Waals surface area contributed by atoms with Gasteiger partial charge in [-0.2, -0.15) is 0 Å². The van der Waals surface area contributed by atoms with Crippen molar-refractivity contribution in [2.45, 2.75) is 65.6 Å². The van der Waals surface area contributed by atoms with Gasteiger partial charge in [0.1, 0.15) is 0 Å². The van der Waals surface area contributed by atoms with Crippen molar-refractivity contribution >= 4 is 0 Å². The number of nitrogens with one attached hydrogen (secondary N) is 1. The molecule has 3 unspecified atom stereocenters. The lowest BCUT2D eigenvalue weighted by atomic mass is 9.92. The molecule has 0 bridgehead atoms. The molecule has 1 heterocycles. The molecule has 19 heavy (non-hydrogen) atoms. The highest BCUT2D eigenvalue weighted by molar-refractivity contribution is 4.92. The maximum atomic E-state index is 5.48. The van der Waals surface area contributed by atoms with Gasteiger partial charge in [-0.1, -0.05) is 41.0 Å². The number of methoxy groups -OCH3 is 1. The fourth-order valence-electron chi connectivity index (χ4n) is 3.24. The lowest BCUT2D eigenvalue weighted by molar-refractivity contribution is -0.00347. The van der Waals surface area contributed by atoms with Crippen LogP contribution in [0, 0.1) is 11.8 Å². The molecule has 1 rings (SSSR count). The van der Waals surface area contributed by atoms with Crippen molar-refractivity contribution < 1.29 is 4.74 Å². The van der Waals surface area contributed by atoms with E-state index in [9.17, 15) is 0 Å². The van der Waals surface area contributed by atoms with Gasteiger partial charge in [0, 0.05) is 38.3 Å². The Balaban J connectivity index is 2.79. The summed E-state index contributed by atoms with van der Waals surface area (Å²) < 4.78 is 5.48. The highest BCUT2D eigenvalue weighted by Gasteiger charge is 2.35. The van der Waals surface area contributed by atoms with Crippen LogP contribution in [0.3, 0.4) is 0 Å². The van der Waals surface area contributed by atoms with E-state index in [1.807, 2.05) is 7.11 Å². The first kappa shape index (κ1) is 16.9. The summed E-state index contributed by atoms with van der Waals surface area (Å²) in [6.45, 7) is 14.7. The van der Waals surface area contributed by atoms with Crippen LogP contribution >= 0.6 is 0 Å². The van der Waals surface area contributed by atoms with Crippen LogP contribution in [0.25, 0.3) is 0 Å². The smallest absolute Gasteiger partial charge is 0.0620 e. The molecular weight excluding hydrogens is 236 g/mol. The number of hydrogen-bond acceptors (Lipinski definition) is 3. The van der Waals surface area contributed by atoms with E-state index >= 15 is 0 Å². The van der Waals surface area contributed by atoms with Crippen LogP contribution in [0.4, 0.5) is 0 Å². The maximum absolute atomic E-state index is 5.48. The highest BCUT2D eigenvalue weighted by Crippen LogP contribution is 2.23. The van der Waals surface area contributed by atoms with Gasteiger partial charge in [0.15, 0.2) is 0 Å². The minimum Gasteiger partial charge on any atom is -0.383 e. The Bertz CT molecular complexity index is 243. The topological polar surface area (TPSA) is 24.5 Å². The second-order valence-electron chi connectivity index (χ2n) is 6.67. The van der Waals surface area contributed by atoms with Gasteiger partial charge >= 0.3 is 0 Å². The molecule has 0 radical (unpaired) electrons. The first-order chi connectivity index (χ1) is 9.01. The molecule has 3 atom stereocenters. The SMILES string of the molecule is CCCC1CN(C(COC)C(C)C)C(C(C)C)CN1. The van der Waals surface area contributed by atoms with E-state index in [-0.39, 0.29) is 0 Å². The zero-order chi connectivity index (χ0) is 14.4. The number of ether oxygens (including phenoxy) is 1. The fraction of sp³-hybridized carbons (Fsp3) is 1.00. The predicted octanol–water partition coefficient (Wildman–Crippen LogP) is 2.76. The summed E-state index contributed by atoms with van der Waals surface area (Å²) in [5.74, 6) is 1.33. The van der Waals surface area contributed by atoms with Crippen molar-refractivity contribution in [2.24, 2.45) is 11.8 Å². The van der Waals surface area contributed by atoms with Crippen molar-refractivity contribution in [3.05, 3.63) is 0 Å². The molecular formula is C16H34N2O. The molecule has 3 nitrogen and oxygen atoms in total. The monoisotopic (exact) mass is 270 g/mol. The van der Waals surface area contributed by atoms with E-state index < -0.39 is 0 Å². The Morgan fingerprint density at radius 3 is 2.42 bits per heavy atom. The maximum Gasteiger partial charge on any atom is 0.0620 e. The number of rotatable bonds is 7. The Labute approximate surface area is 120 Å². The van der Waals surface area contributed by atoms with Crippen LogP contribution in [-0.4, -0.2) is 49.8 Å². The molecule has 1 N–H and O–H groups in total. The summed E-state index contributed by atoms with van der Waals surface area (Å²) >= 11 is 0. The van der Waals surface area contributed by atoms with Gasteiger partial charge in [0.2, 0.25) is 0 Å². The number of hydrogen-bond donors (Lipinski definition) is 1. The molecule has 3 heteroatoms. The van der Waals surface area contributed by atoms with Crippen LogP contribution in [0.5, 0.6) is 0 Å². The van der Waals surface area contributed by atoms with Gasteiger partial charge in [-0.05, 0) is 18.3 Å². The average Bonchev–Trinajstić information content (AvgIpc) is 2.35. The van der Waals surface area contributed by atoms with Crippen LogP contribution in [-0.2, 0) is 4.74 Å². The molecule has 0 amide bonds. The summed E-state index contributed by atoms with van der Waals surface area (Å²) in [5.41, 5.74) is 0. The molecule has 114 valence electrons. The van der Waals surface area contributed by atoms with Gasteiger partial charge in [-0.15, -0.1) is 0 Å². The Hall–Kier alpha value is -0.120. The largest absolute Gasteiger partial charge is 0.383 e. The minimum absolute atomic E-state index is 0.541. The molecule has 0 aromatic rings. The zero-order valence-corrected chi connectivity index (χ0v) is 13.8. The summed E-state index contributed by atoms with van der Waals surface area (Å²) in [6.07, 6.45) is 2.54. The Kier molecular flexibility index (Phi) is 7.33. The van der Waals surface area contributed by atoms with Crippen molar-refractivity contribution in [2.75, 3.05) is 26.8 Å². The fourth-order valence-corrected chi connectivity index (χ4v) is 3.24. The van der Waals surface area contributed by atoms with Crippen LogP contribution in [0.15, 0.2) is 0 Å².